The molecule has 0 spiro atoms. The summed E-state index contributed by atoms with van der Waals surface area (Å²) in [5.41, 5.74) is 3.04. The van der Waals surface area contributed by atoms with E-state index < -0.39 is 85.6 Å². The number of nitrogens with zero attached hydrogens (tertiary/aromatic N) is 3. The topological polar surface area (TPSA) is 309 Å². The summed E-state index contributed by atoms with van der Waals surface area (Å²) in [6.07, 6.45) is -10.4. The average Bonchev–Trinajstić information content (AvgIpc) is 3.31. The van der Waals surface area contributed by atoms with Gasteiger partial charge in [0, 0.05) is 18.0 Å². The molecule has 19 nitrogen and oxygen atoms in total. The number of aliphatic hydroxyl groups is 5. The maximum atomic E-state index is 12.2. The first-order chi connectivity index (χ1) is 18.2. The first-order valence-corrected chi connectivity index (χ1v) is 13.8. The van der Waals surface area contributed by atoms with E-state index in [4.69, 9.17) is 36.1 Å². The van der Waals surface area contributed by atoms with Crippen LogP contribution in [0.4, 0.5) is 5.82 Å². The zero-order valence-electron chi connectivity index (χ0n) is 20.7. The van der Waals surface area contributed by atoms with E-state index in [2.05, 4.69) is 4.98 Å². The van der Waals surface area contributed by atoms with Crippen molar-refractivity contribution in [3.63, 3.8) is 0 Å². The normalized spacial score (nSPS) is 32.4. The lowest BCUT2D eigenvalue weighted by Gasteiger charge is -2.32. The standard InChI is InChI=1S/C19H26N5O13PS.H3N/c1-7-5-24(18(31)22-14(7)28)15-12(27)11(26)13(35-15)16(29)36-38(33,39)37-19(32)4-10(34-8(19)6-25)23-3-2-9(20)21-17(23)30;/h2-3,5,8,10-13,15-16,25-27,29,32H,4,6H2,1H3,(H,33,39)(H2,20,21,30)(H,22,28,31);1H3/t8-,10-,11?,12?,13+,15-,16?,19?,38?;/m1./s1. The summed E-state index contributed by atoms with van der Waals surface area (Å²) < 4.78 is 22.7. The van der Waals surface area contributed by atoms with Crippen LogP contribution in [0.15, 0.2) is 32.8 Å². The van der Waals surface area contributed by atoms with Crippen molar-refractivity contribution in [2.45, 2.75) is 62.3 Å². The van der Waals surface area contributed by atoms with Crippen LogP contribution < -0.4 is 28.8 Å². The molecule has 40 heavy (non-hydrogen) atoms. The lowest BCUT2D eigenvalue weighted by Crippen LogP contribution is -2.43. The fourth-order valence-corrected chi connectivity index (χ4v) is 5.84. The lowest BCUT2D eigenvalue weighted by molar-refractivity contribution is -0.203. The molecule has 0 saturated carbocycles. The van der Waals surface area contributed by atoms with Crippen molar-refractivity contribution < 1.29 is 48.9 Å². The minimum atomic E-state index is -4.64. The van der Waals surface area contributed by atoms with Crippen molar-refractivity contribution in [2.75, 3.05) is 12.3 Å². The lowest BCUT2D eigenvalue weighted by atomic mass is 10.1. The van der Waals surface area contributed by atoms with Gasteiger partial charge in [0.1, 0.15) is 36.5 Å². The largest absolute Gasteiger partial charge is 0.393 e. The van der Waals surface area contributed by atoms with E-state index in [-0.39, 0.29) is 17.5 Å². The van der Waals surface area contributed by atoms with Crippen LogP contribution in [0.2, 0.25) is 0 Å². The van der Waals surface area contributed by atoms with E-state index in [1.165, 1.54) is 19.2 Å². The molecule has 2 aromatic heterocycles. The Bertz CT molecular complexity index is 1450. The number of ether oxygens (including phenoxy) is 2. The summed E-state index contributed by atoms with van der Waals surface area (Å²) in [5, 5.41) is 52.0. The second-order valence-corrected chi connectivity index (χ2v) is 11.6. The number of aryl methyl sites for hydroxylation is 1. The number of rotatable bonds is 8. The van der Waals surface area contributed by atoms with Gasteiger partial charge in [0.05, 0.1) is 13.0 Å². The van der Waals surface area contributed by atoms with Crippen molar-refractivity contribution in [3.8, 4) is 0 Å². The first kappa shape index (κ1) is 32.1. The van der Waals surface area contributed by atoms with E-state index in [0.717, 1.165) is 15.3 Å². The summed E-state index contributed by atoms with van der Waals surface area (Å²) in [6.45, 7) is -4.11. The minimum absolute atomic E-state index is 0. The number of hydrogen-bond donors (Lipinski definition) is 9. The molecule has 2 saturated heterocycles. The molecule has 0 bridgehead atoms. The van der Waals surface area contributed by atoms with E-state index in [1.807, 2.05) is 4.98 Å². The molecule has 2 aromatic rings. The number of hydrogen-bond acceptors (Lipinski definition) is 16. The molecule has 5 unspecified atom stereocenters. The Labute approximate surface area is 228 Å². The van der Waals surface area contributed by atoms with Crippen molar-refractivity contribution in [2.24, 2.45) is 0 Å². The zero-order chi connectivity index (χ0) is 28.9. The number of nitrogens with one attached hydrogen (secondary N) is 1. The van der Waals surface area contributed by atoms with Crippen molar-refractivity contribution in [1.29, 1.82) is 0 Å². The molecule has 4 heterocycles. The minimum Gasteiger partial charge on any atom is -0.393 e. The molecular weight excluding hydrogens is 583 g/mol. The highest BCUT2D eigenvalue weighted by molar-refractivity contribution is 8.07. The van der Waals surface area contributed by atoms with Gasteiger partial charge < -0.3 is 51.8 Å². The smallest absolute Gasteiger partial charge is 0.351 e. The quantitative estimate of drug-likeness (QED) is 0.101. The summed E-state index contributed by atoms with van der Waals surface area (Å²) in [7, 11) is 0. The van der Waals surface area contributed by atoms with Gasteiger partial charge in [0.15, 0.2) is 12.5 Å². The molecule has 4 rings (SSSR count). The van der Waals surface area contributed by atoms with Gasteiger partial charge in [0.2, 0.25) is 5.79 Å². The van der Waals surface area contributed by atoms with Gasteiger partial charge >= 0.3 is 18.1 Å². The molecule has 12 N–H and O–H groups in total. The highest BCUT2D eigenvalue weighted by atomic mass is 32.5. The van der Waals surface area contributed by atoms with Crippen LogP contribution in [0.5, 0.6) is 0 Å². The third-order valence-corrected chi connectivity index (χ3v) is 7.62. The van der Waals surface area contributed by atoms with Gasteiger partial charge in [-0.15, -0.1) is 0 Å². The van der Waals surface area contributed by atoms with Crippen molar-refractivity contribution in [3.05, 3.63) is 55.3 Å². The highest BCUT2D eigenvalue weighted by Crippen LogP contribution is 2.53. The Morgan fingerprint density at radius 1 is 1.30 bits per heavy atom. The fourth-order valence-electron chi connectivity index (χ4n) is 4.16. The molecule has 224 valence electrons. The second kappa shape index (κ2) is 11.8. The molecule has 0 aliphatic carbocycles. The number of H-pyrrole nitrogens is 1. The molecular formula is C19H29N6O13PS. The molecule has 0 amide bonds. The molecule has 0 radical (unpaired) electrons. The summed E-state index contributed by atoms with van der Waals surface area (Å²) in [4.78, 5) is 52.1. The van der Waals surface area contributed by atoms with E-state index in [0.29, 0.717) is 0 Å². The molecule has 21 heteroatoms. The number of aliphatic hydroxyl groups excluding tert-OH is 4. The zero-order valence-corrected chi connectivity index (χ0v) is 22.4. The molecule has 2 aliphatic heterocycles. The second-order valence-electron chi connectivity index (χ2n) is 8.86. The monoisotopic (exact) mass is 612 g/mol. The Hall–Kier alpha value is -2.43. The van der Waals surface area contributed by atoms with Crippen molar-refractivity contribution >= 4 is 24.3 Å². The average molecular weight is 613 g/mol. The predicted molar refractivity (Wildman–Crippen MR) is 135 cm³/mol. The third-order valence-electron chi connectivity index (χ3n) is 6.11. The number of nitrogens with two attached hydrogens (primary N) is 1. The van der Waals surface area contributed by atoms with Crippen LogP contribution in [0.3, 0.4) is 0 Å². The number of nitrogen functional groups attached to an aromatic ring is 1. The summed E-state index contributed by atoms with van der Waals surface area (Å²) in [6, 6.07) is 1.28. The maximum Gasteiger partial charge on any atom is 0.351 e. The summed E-state index contributed by atoms with van der Waals surface area (Å²) >= 11 is 4.88. The molecule has 2 fully saturated rings. The Kier molecular flexibility index (Phi) is 9.48. The van der Waals surface area contributed by atoms with Gasteiger partial charge in [-0.05, 0) is 24.8 Å². The van der Waals surface area contributed by atoms with Crippen LogP contribution in [-0.4, -0.2) is 92.6 Å². The van der Waals surface area contributed by atoms with Gasteiger partial charge in [-0.25, -0.2) is 9.59 Å². The Morgan fingerprint density at radius 2 is 1.98 bits per heavy atom. The SMILES string of the molecule is Cc1cn([C@@H]2O[C@H](C(O)OP(O)(=S)OC3(O)C[C@H](n4ccc(N)nc4=O)O[C@@H]3CO)C(O)C2O)c(=O)[nH]c1=O.N. The van der Waals surface area contributed by atoms with Crippen LogP contribution in [0, 0.1) is 6.92 Å². The molecule has 0 aromatic carbocycles. The van der Waals surface area contributed by atoms with Gasteiger partial charge in [-0.3, -0.25) is 28.0 Å². The van der Waals surface area contributed by atoms with E-state index >= 15 is 0 Å². The Morgan fingerprint density at radius 3 is 2.60 bits per heavy atom. The summed E-state index contributed by atoms with van der Waals surface area (Å²) in [5.74, 6) is -2.60. The third kappa shape index (κ3) is 6.24. The number of anilines is 1. The van der Waals surface area contributed by atoms with E-state index in [9.17, 15) is 44.8 Å². The van der Waals surface area contributed by atoms with Gasteiger partial charge in [0.25, 0.3) is 5.56 Å². The van der Waals surface area contributed by atoms with Crippen LogP contribution in [-0.2, 0) is 30.3 Å². The molecule has 9 atom stereocenters. The maximum absolute atomic E-state index is 12.2. The van der Waals surface area contributed by atoms with Gasteiger partial charge in [-0.1, -0.05) is 0 Å². The Balaban J connectivity index is 0.00000441. The van der Waals surface area contributed by atoms with Crippen LogP contribution >= 0.6 is 6.72 Å². The molecule has 2 aliphatic rings. The number of aromatic nitrogens is 4. The van der Waals surface area contributed by atoms with Crippen LogP contribution in [0.25, 0.3) is 0 Å². The predicted octanol–water partition coefficient (Wildman–Crippen LogP) is -4.00. The van der Waals surface area contributed by atoms with E-state index in [1.54, 1.807) is 0 Å². The van der Waals surface area contributed by atoms with Gasteiger partial charge in [-0.2, -0.15) is 4.98 Å². The van der Waals surface area contributed by atoms with Crippen LogP contribution in [0.1, 0.15) is 24.4 Å². The first-order valence-electron chi connectivity index (χ1n) is 11.2. The highest BCUT2D eigenvalue weighted by Gasteiger charge is 2.54. The fraction of sp³-hybridized carbons (Fsp3) is 0.579. The van der Waals surface area contributed by atoms with Crippen molar-refractivity contribution in [1.82, 2.24) is 25.3 Å². The number of aromatic amines is 1.